The van der Waals surface area contributed by atoms with Gasteiger partial charge in [0.1, 0.15) is 0 Å². The highest BCUT2D eigenvalue weighted by Crippen LogP contribution is 2.16. The van der Waals surface area contributed by atoms with Crippen LogP contribution in [0, 0.1) is 0 Å². The molecule has 1 aromatic carbocycles. The number of hydrogen-bond donors (Lipinski definition) is 2. The third-order valence-corrected chi connectivity index (χ3v) is 4.05. The van der Waals surface area contributed by atoms with E-state index in [9.17, 15) is 0 Å². The Bertz CT molecular complexity index is 486. The van der Waals surface area contributed by atoms with Gasteiger partial charge in [-0.2, -0.15) is 0 Å². The van der Waals surface area contributed by atoms with Crippen molar-refractivity contribution in [1.29, 1.82) is 0 Å². The van der Waals surface area contributed by atoms with Gasteiger partial charge in [0.05, 0.1) is 25.9 Å². The molecule has 7 heteroatoms. The fraction of sp³-hybridized carbons (Fsp3) is 0.650. The van der Waals surface area contributed by atoms with Crippen LogP contribution in [0.1, 0.15) is 31.4 Å². The van der Waals surface area contributed by atoms with Crippen molar-refractivity contribution in [2.24, 2.45) is 4.99 Å². The Labute approximate surface area is 182 Å². The minimum Gasteiger partial charge on any atom is -0.379 e. The molecule has 0 saturated carbocycles. The molecule has 0 radical (unpaired) electrons. The monoisotopic (exact) mass is 492 g/mol. The lowest BCUT2D eigenvalue weighted by molar-refractivity contribution is 0.0487. The molecule has 0 aromatic heterocycles. The van der Waals surface area contributed by atoms with Gasteiger partial charge in [-0.25, -0.2) is 0 Å². The number of nitrogens with zero attached hydrogens (tertiary/aromatic N) is 2. The first kappa shape index (κ1) is 26.1. The smallest absolute Gasteiger partial charge is 0.191 e. The van der Waals surface area contributed by atoms with E-state index in [0.29, 0.717) is 26.4 Å². The van der Waals surface area contributed by atoms with Crippen LogP contribution < -0.4 is 10.6 Å². The lowest BCUT2D eigenvalue weighted by atomic mass is 10.1. The molecule has 0 heterocycles. The van der Waals surface area contributed by atoms with E-state index in [-0.39, 0.29) is 30.0 Å². The van der Waals surface area contributed by atoms with Crippen LogP contribution in [0.2, 0.25) is 0 Å². The molecule has 2 N–H and O–H groups in total. The predicted octanol–water partition coefficient (Wildman–Crippen LogP) is 2.91. The van der Waals surface area contributed by atoms with Gasteiger partial charge in [-0.3, -0.25) is 4.99 Å². The van der Waals surface area contributed by atoms with E-state index in [2.05, 4.69) is 65.8 Å². The standard InChI is InChI=1S/C20H36N4O2.HI/c1-5-6-13-25-15-16-26-14-12-22-20(21-2)23-17-19(24(3)4)18-10-8-7-9-11-18;/h7-11,19H,5-6,12-17H2,1-4H3,(H2,21,22,23);1H. The summed E-state index contributed by atoms with van der Waals surface area (Å²) in [5, 5.41) is 6.67. The first-order valence-corrected chi connectivity index (χ1v) is 9.50. The number of benzene rings is 1. The van der Waals surface area contributed by atoms with Crippen molar-refractivity contribution in [3.05, 3.63) is 35.9 Å². The van der Waals surface area contributed by atoms with E-state index in [1.807, 2.05) is 6.07 Å². The number of nitrogens with one attached hydrogen (secondary N) is 2. The molecule has 0 aliphatic heterocycles. The van der Waals surface area contributed by atoms with Crippen LogP contribution in [0.5, 0.6) is 0 Å². The zero-order valence-corrected chi connectivity index (χ0v) is 19.6. The number of aliphatic imine (C=N–C) groups is 1. The summed E-state index contributed by atoms with van der Waals surface area (Å²) in [5.74, 6) is 0.788. The van der Waals surface area contributed by atoms with Gasteiger partial charge in [-0.1, -0.05) is 43.7 Å². The molecule has 1 atom stereocenters. The summed E-state index contributed by atoms with van der Waals surface area (Å²) in [6.45, 7) is 6.40. The van der Waals surface area contributed by atoms with E-state index in [1.165, 1.54) is 5.56 Å². The predicted molar refractivity (Wildman–Crippen MR) is 124 cm³/mol. The Balaban J connectivity index is 0.00000676. The van der Waals surface area contributed by atoms with Crippen molar-refractivity contribution in [2.45, 2.75) is 25.8 Å². The maximum absolute atomic E-state index is 5.56. The Morgan fingerprint density at radius 2 is 1.70 bits per heavy atom. The van der Waals surface area contributed by atoms with Crippen LogP contribution >= 0.6 is 24.0 Å². The molecule has 1 aromatic rings. The number of unbranched alkanes of at least 4 members (excludes halogenated alkanes) is 1. The van der Waals surface area contributed by atoms with Gasteiger partial charge in [0.25, 0.3) is 0 Å². The zero-order valence-electron chi connectivity index (χ0n) is 17.2. The van der Waals surface area contributed by atoms with Crippen molar-refractivity contribution in [1.82, 2.24) is 15.5 Å². The van der Waals surface area contributed by atoms with Gasteiger partial charge in [-0.15, -0.1) is 24.0 Å². The van der Waals surface area contributed by atoms with Crippen molar-refractivity contribution in [3.63, 3.8) is 0 Å². The molecule has 27 heavy (non-hydrogen) atoms. The summed E-state index contributed by atoms with van der Waals surface area (Å²) in [7, 11) is 5.96. The van der Waals surface area contributed by atoms with Gasteiger partial charge < -0.3 is 25.0 Å². The van der Waals surface area contributed by atoms with Gasteiger partial charge in [0.2, 0.25) is 0 Å². The molecule has 0 fully saturated rings. The number of ether oxygens (including phenoxy) is 2. The molecule has 0 bridgehead atoms. The molecule has 1 rings (SSSR count). The van der Waals surface area contributed by atoms with Crippen molar-refractivity contribution >= 4 is 29.9 Å². The summed E-state index contributed by atoms with van der Waals surface area (Å²) in [6.07, 6.45) is 2.27. The number of rotatable bonds is 13. The molecule has 0 amide bonds. The Kier molecular flexibility index (Phi) is 16.6. The van der Waals surface area contributed by atoms with E-state index < -0.39 is 0 Å². The molecule has 0 aliphatic rings. The molecule has 0 spiro atoms. The molecule has 1 unspecified atom stereocenters. The topological polar surface area (TPSA) is 58.1 Å². The molecule has 0 saturated heterocycles. The second-order valence-corrected chi connectivity index (χ2v) is 6.35. The fourth-order valence-electron chi connectivity index (χ4n) is 2.50. The fourth-order valence-corrected chi connectivity index (χ4v) is 2.50. The second-order valence-electron chi connectivity index (χ2n) is 6.35. The highest BCUT2D eigenvalue weighted by atomic mass is 127. The van der Waals surface area contributed by atoms with Crippen molar-refractivity contribution in [3.8, 4) is 0 Å². The van der Waals surface area contributed by atoms with Gasteiger partial charge >= 0.3 is 0 Å². The van der Waals surface area contributed by atoms with E-state index in [0.717, 1.165) is 32.0 Å². The zero-order chi connectivity index (χ0) is 19.0. The van der Waals surface area contributed by atoms with Gasteiger partial charge in [0, 0.05) is 26.7 Å². The van der Waals surface area contributed by atoms with Crippen LogP contribution in [0.25, 0.3) is 0 Å². The highest BCUT2D eigenvalue weighted by Gasteiger charge is 2.14. The quantitative estimate of drug-likeness (QED) is 0.192. The second kappa shape index (κ2) is 17.2. The lowest BCUT2D eigenvalue weighted by Gasteiger charge is -2.26. The minimum absolute atomic E-state index is 0. The van der Waals surface area contributed by atoms with Gasteiger partial charge in [0.15, 0.2) is 5.96 Å². The first-order chi connectivity index (χ1) is 12.7. The molecule has 0 aliphatic carbocycles. The van der Waals surface area contributed by atoms with Crippen LogP contribution in [0.3, 0.4) is 0 Å². The van der Waals surface area contributed by atoms with E-state index in [1.54, 1.807) is 7.05 Å². The number of guanidine groups is 1. The average molecular weight is 492 g/mol. The van der Waals surface area contributed by atoms with Crippen molar-refractivity contribution < 1.29 is 9.47 Å². The number of halogens is 1. The maximum atomic E-state index is 5.56. The van der Waals surface area contributed by atoms with E-state index in [4.69, 9.17) is 9.47 Å². The highest BCUT2D eigenvalue weighted by molar-refractivity contribution is 14.0. The van der Waals surface area contributed by atoms with Crippen LogP contribution in [-0.2, 0) is 9.47 Å². The molecular formula is C20H37IN4O2. The third-order valence-electron chi connectivity index (χ3n) is 4.05. The Morgan fingerprint density at radius 1 is 1.04 bits per heavy atom. The third kappa shape index (κ3) is 12.2. The normalized spacial score (nSPS) is 12.6. The minimum atomic E-state index is 0. The van der Waals surface area contributed by atoms with Crippen LogP contribution in [0.4, 0.5) is 0 Å². The summed E-state index contributed by atoms with van der Waals surface area (Å²) in [5.41, 5.74) is 1.28. The average Bonchev–Trinajstić information content (AvgIpc) is 2.65. The number of hydrogen-bond acceptors (Lipinski definition) is 4. The first-order valence-electron chi connectivity index (χ1n) is 9.50. The van der Waals surface area contributed by atoms with Crippen LogP contribution in [-0.4, -0.2) is 71.5 Å². The molecule has 156 valence electrons. The maximum Gasteiger partial charge on any atom is 0.191 e. The summed E-state index contributed by atoms with van der Waals surface area (Å²) in [4.78, 5) is 6.48. The summed E-state index contributed by atoms with van der Waals surface area (Å²) < 4.78 is 11.0. The largest absolute Gasteiger partial charge is 0.379 e. The van der Waals surface area contributed by atoms with E-state index >= 15 is 0 Å². The lowest BCUT2D eigenvalue weighted by Crippen LogP contribution is -2.42. The van der Waals surface area contributed by atoms with Crippen molar-refractivity contribution in [2.75, 3.05) is 60.7 Å². The summed E-state index contributed by atoms with van der Waals surface area (Å²) >= 11 is 0. The SMILES string of the molecule is CCCCOCCOCCNC(=NC)NCC(c1ccccc1)N(C)C.I. The number of likely N-dealkylation sites (N-methyl/N-ethyl adjacent to an activating group) is 1. The van der Waals surface area contributed by atoms with Gasteiger partial charge in [-0.05, 0) is 26.1 Å². The summed E-state index contributed by atoms with van der Waals surface area (Å²) in [6, 6.07) is 10.8. The molecular weight excluding hydrogens is 455 g/mol. The Morgan fingerprint density at radius 3 is 2.30 bits per heavy atom. The Hall–Kier alpha value is -0.900. The molecule has 6 nitrogen and oxygen atoms in total. The van der Waals surface area contributed by atoms with Crippen LogP contribution in [0.15, 0.2) is 35.3 Å².